The molecule has 2 aromatic carbocycles. The Labute approximate surface area is 138 Å². The molecule has 6 nitrogen and oxygen atoms in total. The molecular formula is C13H7ClF3NO5P+. The predicted molar refractivity (Wildman–Crippen MR) is 79.1 cm³/mol. The maximum absolute atomic E-state index is 12.6. The number of ether oxygens (including phenoxy) is 1. The number of hydrogen-bond donors (Lipinski definition) is 1. The zero-order valence-corrected chi connectivity index (χ0v) is 13.1. The zero-order valence-electron chi connectivity index (χ0n) is 11.5. The molecule has 0 spiro atoms. The highest BCUT2D eigenvalue weighted by Gasteiger charge is 2.32. The molecule has 1 atom stereocenters. The Balaban J connectivity index is 2.37. The Morgan fingerprint density at radius 3 is 2.38 bits per heavy atom. The van der Waals surface area contributed by atoms with Crippen molar-refractivity contribution in [3.05, 3.63) is 57.1 Å². The summed E-state index contributed by atoms with van der Waals surface area (Å²) < 4.78 is 54.1. The fourth-order valence-electron chi connectivity index (χ4n) is 1.76. The van der Waals surface area contributed by atoms with Crippen LogP contribution in [0.5, 0.6) is 11.5 Å². The van der Waals surface area contributed by atoms with Gasteiger partial charge >= 0.3 is 25.2 Å². The molecule has 0 radical (unpaired) electrons. The van der Waals surface area contributed by atoms with E-state index in [4.69, 9.17) is 21.2 Å². The summed E-state index contributed by atoms with van der Waals surface area (Å²) >= 11 is 5.73. The zero-order chi connectivity index (χ0) is 18.1. The van der Waals surface area contributed by atoms with E-state index in [1.54, 1.807) is 0 Å². The minimum Gasteiger partial charge on any atom is -0.456 e. The van der Waals surface area contributed by atoms with Crippen molar-refractivity contribution >= 4 is 30.6 Å². The molecule has 0 aliphatic heterocycles. The maximum atomic E-state index is 12.6. The summed E-state index contributed by atoms with van der Waals surface area (Å²) in [5, 5.41) is 9.97. The van der Waals surface area contributed by atoms with Crippen LogP contribution in [-0.4, -0.2) is 9.82 Å². The van der Waals surface area contributed by atoms with Crippen LogP contribution >= 0.6 is 19.6 Å². The van der Waals surface area contributed by atoms with Crippen molar-refractivity contribution in [3.63, 3.8) is 0 Å². The number of halogens is 4. The molecule has 0 amide bonds. The summed E-state index contributed by atoms with van der Waals surface area (Å²) in [7, 11) is -3.02. The van der Waals surface area contributed by atoms with Crippen molar-refractivity contribution < 1.29 is 32.3 Å². The highest BCUT2D eigenvalue weighted by Crippen LogP contribution is 2.37. The van der Waals surface area contributed by atoms with Gasteiger partial charge in [0.2, 0.25) is 0 Å². The van der Waals surface area contributed by atoms with Gasteiger partial charge in [-0.05, 0) is 28.8 Å². The van der Waals surface area contributed by atoms with E-state index in [1.807, 2.05) is 0 Å². The van der Waals surface area contributed by atoms with E-state index in [2.05, 4.69) is 0 Å². The Morgan fingerprint density at radius 1 is 1.21 bits per heavy atom. The minimum absolute atomic E-state index is 0.0883. The number of benzene rings is 2. The molecule has 0 aliphatic rings. The lowest BCUT2D eigenvalue weighted by Gasteiger charge is -2.11. The van der Waals surface area contributed by atoms with Crippen LogP contribution in [0.2, 0.25) is 5.02 Å². The van der Waals surface area contributed by atoms with E-state index in [0.29, 0.717) is 6.07 Å². The van der Waals surface area contributed by atoms with Gasteiger partial charge in [0.15, 0.2) is 0 Å². The fourth-order valence-corrected chi connectivity index (χ4v) is 2.57. The first kappa shape index (κ1) is 18.1. The summed E-state index contributed by atoms with van der Waals surface area (Å²) in [4.78, 5) is 19.1. The molecule has 2 rings (SSSR count). The van der Waals surface area contributed by atoms with Crippen molar-refractivity contribution in [2.75, 3.05) is 0 Å². The first-order valence-electron chi connectivity index (χ1n) is 6.09. The molecule has 0 bridgehead atoms. The average Bonchev–Trinajstić information content (AvgIpc) is 2.47. The summed E-state index contributed by atoms with van der Waals surface area (Å²) in [6.45, 7) is 0. The Kier molecular flexibility index (Phi) is 5.08. The third kappa shape index (κ3) is 4.00. The molecular weight excluding hydrogens is 374 g/mol. The van der Waals surface area contributed by atoms with Gasteiger partial charge in [-0.1, -0.05) is 11.6 Å². The first-order valence-corrected chi connectivity index (χ1v) is 7.68. The van der Waals surface area contributed by atoms with Gasteiger partial charge in [-0.25, -0.2) is 0 Å². The molecule has 0 aromatic heterocycles. The van der Waals surface area contributed by atoms with Gasteiger partial charge < -0.3 is 4.74 Å². The van der Waals surface area contributed by atoms with E-state index < -0.39 is 35.7 Å². The first-order chi connectivity index (χ1) is 11.1. The molecule has 0 aliphatic carbocycles. The normalized spacial score (nSPS) is 12.0. The summed E-state index contributed by atoms with van der Waals surface area (Å²) in [5.74, 6) is -0.229. The molecule has 0 saturated carbocycles. The van der Waals surface area contributed by atoms with E-state index in [-0.39, 0.29) is 16.5 Å². The van der Waals surface area contributed by atoms with E-state index in [9.17, 15) is 27.9 Å². The second-order valence-electron chi connectivity index (χ2n) is 4.43. The van der Waals surface area contributed by atoms with Gasteiger partial charge in [0.05, 0.1) is 15.5 Å². The maximum Gasteiger partial charge on any atom is 0.553 e. The molecule has 126 valence electrons. The monoisotopic (exact) mass is 380 g/mol. The van der Waals surface area contributed by atoms with Crippen molar-refractivity contribution in [2.45, 2.75) is 6.18 Å². The number of nitro groups is 1. The molecule has 24 heavy (non-hydrogen) atoms. The lowest BCUT2D eigenvalue weighted by molar-refractivity contribution is -0.383. The summed E-state index contributed by atoms with van der Waals surface area (Å²) in [6.07, 6.45) is -4.57. The highest BCUT2D eigenvalue weighted by atomic mass is 35.5. The lowest BCUT2D eigenvalue weighted by atomic mass is 10.2. The molecule has 0 heterocycles. The third-order valence-corrected chi connectivity index (χ3v) is 3.90. The van der Waals surface area contributed by atoms with Gasteiger partial charge in [-0.15, -0.1) is 0 Å². The summed E-state index contributed by atoms with van der Waals surface area (Å²) in [6, 6.07) is 5.42. The fraction of sp³-hybridized carbons (Fsp3) is 0.0769. The molecule has 1 N–H and O–H groups in total. The minimum atomic E-state index is -4.57. The quantitative estimate of drug-likeness (QED) is 0.482. The van der Waals surface area contributed by atoms with Crippen LogP contribution in [0.15, 0.2) is 36.4 Å². The van der Waals surface area contributed by atoms with Crippen LogP contribution in [0.3, 0.4) is 0 Å². The Bertz CT molecular complexity index is 828. The Hall–Kier alpha value is -2.22. The van der Waals surface area contributed by atoms with Crippen LogP contribution < -0.4 is 10.0 Å². The molecule has 11 heteroatoms. The van der Waals surface area contributed by atoms with Crippen LogP contribution in [0.1, 0.15) is 5.56 Å². The Morgan fingerprint density at radius 2 is 1.88 bits per heavy atom. The second-order valence-corrected chi connectivity index (χ2v) is 5.86. The predicted octanol–water partition coefficient (Wildman–Crippen LogP) is 4.42. The van der Waals surface area contributed by atoms with Gasteiger partial charge in [0.25, 0.3) is 0 Å². The SMILES string of the molecule is O=[N+]([O-])c1ccc(Oc2ccc(C(F)(F)F)cc2Cl)cc1[P+](=O)O. The summed E-state index contributed by atoms with van der Waals surface area (Å²) in [5.41, 5.74) is -1.55. The van der Waals surface area contributed by atoms with Crippen molar-refractivity contribution in [2.24, 2.45) is 0 Å². The van der Waals surface area contributed by atoms with Gasteiger partial charge in [-0.3, -0.25) is 10.1 Å². The van der Waals surface area contributed by atoms with Gasteiger partial charge in [0, 0.05) is 12.1 Å². The van der Waals surface area contributed by atoms with Crippen LogP contribution in [-0.2, 0) is 10.7 Å². The lowest BCUT2D eigenvalue weighted by Crippen LogP contribution is -2.06. The topological polar surface area (TPSA) is 89.7 Å². The van der Waals surface area contributed by atoms with E-state index in [0.717, 1.165) is 30.3 Å². The number of alkyl halides is 3. The average molecular weight is 381 g/mol. The van der Waals surface area contributed by atoms with Crippen LogP contribution in [0.25, 0.3) is 0 Å². The number of rotatable bonds is 4. The molecule has 0 saturated heterocycles. The second kappa shape index (κ2) is 6.72. The van der Waals surface area contributed by atoms with Crippen LogP contribution in [0, 0.1) is 10.1 Å². The number of nitro benzene ring substituents is 1. The molecule has 2 aromatic rings. The largest absolute Gasteiger partial charge is 0.553 e. The standard InChI is InChI=1S/C13H6ClF3NO5P/c14-9-5-7(13(15,16)17)1-4-11(9)23-8-2-3-10(18(19)20)12(6-8)24(21)22/h1-6H/p+1. The third-order valence-electron chi connectivity index (χ3n) is 2.84. The molecule has 0 fully saturated rings. The van der Waals surface area contributed by atoms with Crippen molar-refractivity contribution in [1.29, 1.82) is 0 Å². The van der Waals surface area contributed by atoms with Gasteiger partial charge in [-0.2, -0.15) is 18.1 Å². The van der Waals surface area contributed by atoms with Crippen molar-refractivity contribution in [3.8, 4) is 11.5 Å². The van der Waals surface area contributed by atoms with Crippen molar-refractivity contribution in [1.82, 2.24) is 0 Å². The van der Waals surface area contributed by atoms with Crippen LogP contribution in [0.4, 0.5) is 18.9 Å². The molecule has 1 unspecified atom stereocenters. The number of hydrogen-bond acceptors (Lipinski definition) is 4. The van der Waals surface area contributed by atoms with E-state index in [1.165, 1.54) is 0 Å². The van der Waals surface area contributed by atoms with Gasteiger partial charge in [0.1, 0.15) is 11.5 Å². The smallest absolute Gasteiger partial charge is 0.456 e. The number of nitrogens with zero attached hydrogens (tertiary/aromatic N) is 1. The highest BCUT2D eigenvalue weighted by molar-refractivity contribution is 7.47. The van der Waals surface area contributed by atoms with E-state index >= 15 is 0 Å².